The molecule has 0 aliphatic carbocycles. The van der Waals surface area contributed by atoms with Gasteiger partial charge < -0.3 is 5.73 Å². The van der Waals surface area contributed by atoms with Crippen LogP contribution in [0.1, 0.15) is 28.5 Å². The SMILES string of the molecule is Cc1nc(C)c(C(C)NS(=O)(=O)CC(N)=S)s1. The lowest BCUT2D eigenvalue weighted by atomic mass is 10.2. The Balaban J connectivity index is 2.83. The van der Waals surface area contributed by atoms with Crippen LogP contribution in [0.15, 0.2) is 0 Å². The van der Waals surface area contributed by atoms with E-state index in [9.17, 15) is 8.42 Å². The lowest BCUT2D eigenvalue weighted by molar-refractivity contribution is 0.572. The van der Waals surface area contributed by atoms with Gasteiger partial charge in [0.15, 0.2) is 0 Å². The maximum atomic E-state index is 11.6. The van der Waals surface area contributed by atoms with E-state index in [0.29, 0.717) is 0 Å². The van der Waals surface area contributed by atoms with Gasteiger partial charge in [0, 0.05) is 4.88 Å². The molecule has 0 saturated heterocycles. The number of hydrogen-bond acceptors (Lipinski definition) is 5. The van der Waals surface area contributed by atoms with Crippen molar-refractivity contribution in [2.45, 2.75) is 26.8 Å². The van der Waals surface area contributed by atoms with E-state index in [0.717, 1.165) is 15.6 Å². The van der Waals surface area contributed by atoms with Gasteiger partial charge in [0.1, 0.15) is 5.75 Å². The van der Waals surface area contributed by atoms with E-state index < -0.39 is 10.0 Å². The van der Waals surface area contributed by atoms with Crippen molar-refractivity contribution >= 4 is 38.6 Å². The molecule has 1 aromatic heterocycles. The maximum absolute atomic E-state index is 11.6. The highest BCUT2D eigenvalue weighted by Crippen LogP contribution is 2.24. The summed E-state index contributed by atoms with van der Waals surface area (Å²) < 4.78 is 25.8. The van der Waals surface area contributed by atoms with Crippen LogP contribution < -0.4 is 10.5 Å². The molecule has 17 heavy (non-hydrogen) atoms. The summed E-state index contributed by atoms with van der Waals surface area (Å²) in [6.45, 7) is 5.52. The van der Waals surface area contributed by atoms with Crippen LogP contribution in [0.2, 0.25) is 0 Å². The molecule has 1 rings (SSSR count). The number of hydrogen-bond donors (Lipinski definition) is 2. The Morgan fingerprint density at radius 2 is 2.18 bits per heavy atom. The number of aromatic nitrogens is 1. The standard InChI is InChI=1S/C9H15N3O2S3/c1-5-9(16-7(3)11-5)6(2)12-17(13,14)4-8(10)15/h6,12H,4H2,1-3H3,(H2,10,15). The van der Waals surface area contributed by atoms with Gasteiger partial charge in [-0.05, 0) is 20.8 Å². The molecule has 1 heterocycles. The molecule has 8 heteroatoms. The Kier molecular flexibility index (Phi) is 4.59. The number of nitrogens with zero attached hydrogens (tertiary/aromatic N) is 1. The summed E-state index contributed by atoms with van der Waals surface area (Å²) in [5.41, 5.74) is 6.07. The monoisotopic (exact) mass is 293 g/mol. The molecular formula is C9H15N3O2S3. The summed E-state index contributed by atoms with van der Waals surface area (Å²) >= 11 is 6.07. The van der Waals surface area contributed by atoms with Crippen LogP contribution in [0, 0.1) is 13.8 Å². The molecule has 0 aliphatic heterocycles. The van der Waals surface area contributed by atoms with E-state index in [1.165, 1.54) is 11.3 Å². The fourth-order valence-electron chi connectivity index (χ4n) is 1.50. The van der Waals surface area contributed by atoms with Crippen molar-refractivity contribution in [2.24, 2.45) is 5.73 Å². The van der Waals surface area contributed by atoms with Crippen LogP contribution in [0.5, 0.6) is 0 Å². The Morgan fingerprint density at radius 1 is 1.59 bits per heavy atom. The second kappa shape index (κ2) is 5.38. The average molecular weight is 293 g/mol. The zero-order chi connectivity index (χ0) is 13.2. The minimum Gasteiger partial charge on any atom is -0.392 e. The van der Waals surface area contributed by atoms with Crippen LogP contribution >= 0.6 is 23.6 Å². The zero-order valence-electron chi connectivity index (χ0n) is 9.85. The van der Waals surface area contributed by atoms with Gasteiger partial charge in [0.2, 0.25) is 10.0 Å². The first-order chi connectivity index (χ1) is 7.71. The summed E-state index contributed by atoms with van der Waals surface area (Å²) in [5.74, 6) is -0.330. The molecule has 0 saturated carbocycles. The van der Waals surface area contributed by atoms with E-state index in [2.05, 4.69) is 21.9 Å². The molecule has 1 unspecified atom stereocenters. The number of nitrogens with two attached hydrogens (primary N) is 1. The smallest absolute Gasteiger partial charge is 0.218 e. The lowest BCUT2D eigenvalue weighted by Crippen LogP contribution is -2.33. The molecule has 5 nitrogen and oxygen atoms in total. The first-order valence-electron chi connectivity index (χ1n) is 4.93. The van der Waals surface area contributed by atoms with Crippen molar-refractivity contribution < 1.29 is 8.42 Å². The van der Waals surface area contributed by atoms with Gasteiger partial charge in [-0.2, -0.15) is 0 Å². The molecule has 0 aromatic carbocycles. The average Bonchev–Trinajstić information content (AvgIpc) is 2.41. The van der Waals surface area contributed by atoms with Gasteiger partial charge >= 0.3 is 0 Å². The topological polar surface area (TPSA) is 85.1 Å². The Morgan fingerprint density at radius 3 is 2.59 bits per heavy atom. The largest absolute Gasteiger partial charge is 0.392 e. The minimum absolute atomic E-state index is 0.0399. The normalized spacial score (nSPS) is 13.6. The molecule has 0 radical (unpaired) electrons. The molecule has 1 atom stereocenters. The zero-order valence-corrected chi connectivity index (χ0v) is 12.3. The molecule has 0 bridgehead atoms. The summed E-state index contributed by atoms with van der Waals surface area (Å²) in [6, 6.07) is -0.319. The first kappa shape index (κ1) is 14.5. The van der Waals surface area contributed by atoms with Gasteiger partial charge in [0.05, 0.1) is 21.7 Å². The van der Waals surface area contributed by atoms with E-state index in [1.807, 2.05) is 13.8 Å². The highest BCUT2D eigenvalue weighted by molar-refractivity contribution is 7.92. The molecule has 1 aromatic rings. The quantitative estimate of drug-likeness (QED) is 0.792. The van der Waals surface area contributed by atoms with Gasteiger partial charge in [-0.1, -0.05) is 12.2 Å². The van der Waals surface area contributed by atoms with Crippen LogP contribution in [-0.4, -0.2) is 24.1 Å². The summed E-state index contributed by atoms with van der Waals surface area (Å²) in [4.78, 5) is 5.13. The van der Waals surface area contributed by atoms with Gasteiger partial charge in [-0.3, -0.25) is 0 Å². The minimum atomic E-state index is -3.47. The highest BCUT2D eigenvalue weighted by atomic mass is 32.2. The number of thiocarbonyl (C=S) groups is 1. The Bertz CT molecular complexity index is 522. The fraction of sp³-hybridized carbons (Fsp3) is 0.556. The van der Waals surface area contributed by atoms with Crippen molar-refractivity contribution in [2.75, 3.05) is 5.75 Å². The number of nitrogens with one attached hydrogen (secondary N) is 1. The molecule has 0 aliphatic rings. The second-order valence-corrected chi connectivity index (χ2v) is 7.26. The van der Waals surface area contributed by atoms with Gasteiger partial charge in [0.25, 0.3) is 0 Å². The fourth-order valence-corrected chi connectivity index (χ4v) is 4.08. The first-order valence-corrected chi connectivity index (χ1v) is 7.81. The number of thiazole rings is 1. The molecule has 96 valence electrons. The van der Waals surface area contributed by atoms with E-state index >= 15 is 0 Å². The molecular weight excluding hydrogens is 278 g/mol. The Labute approximate surface area is 110 Å². The third-order valence-electron chi connectivity index (χ3n) is 2.02. The third-order valence-corrected chi connectivity index (χ3v) is 5.01. The van der Waals surface area contributed by atoms with Crippen molar-refractivity contribution in [1.82, 2.24) is 9.71 Å². The lowest BCUT2D eigenvalue weighted by Gasteiger charge is -2.12. The van der Waals surface area contributed by atoms with Gasteiger partial charge in [-0.25, -0.2) is 18.1 Å². The Hall–Kier alpha value is -0.570. The summed E-state index contributed by atoms with van der Waals surface area (Å²) in [7, 11) is -3.47. The molecule has 0 fully saturated rings. The predicted molar refractivity (Wildman–Crippen MR) is 73.7 cm³/mol. The van der Waals surface area contributed by atoms with E-state index in [-0.39, 0.29) is 16.8 Å². The van der Waals surface area contributed by atoms with Crippen LogP contribution in [0.3, 0.4) is 0 Å². The van der Waals surface area contributed by atoms with Crippen LogP contribution in [0.25, 0.3) is 0 Å². The summed E-state index contributed by atoms with van der Waals surface area (Å²) in [5, 5.41) is 0.915. The predicted octanol–water partition coefficient (Wildman–Crippen LogP) is 1.03. The highest BCUT2D eigenvalue weighted by Gasteiger charge is 2.20. The van der Waals surface area contributed by atoms with Crippen molar-refractivity contribution in [3.8, 4) is 0 Å². The maximum Gasteiger partial charge on any atom is 0.218 e. The van der Waals surface area contributed by atoms with Crippen molar-refractivity contribution in [3.05, 3.63) is 15.6 Å². The van der Waals surface area contributed by atoms with Crippen molar-refractivity contribution in [3.63, 3.8) is 0 Å². The third kappa shape index (κ3) is 4.30. The number of sulfonamides is 1. The molecule has 0 spiro atoms. The van der Waals surface area contributed by atoms with Crippen LogP contribution in [-0.2, 0) is 10.0 Å². The van der Waals surface area contributed by atoms with E-state index in [1.54, 1.807) is 6.92 Å². The van der Waals surface area contributed by atoms with Crippen molar-refractivity contribution in [1.29, 1.82) is 0 Å². The molecule has 3 N–H and O–H groups in total. The summed E-state index contributed by atoms with van der Waals surface area (Å²) in [6.07, 6.45) is 0. The number of aryl methyl sites for hydroxylation is 2. The van der Waals surface area contributed by atoms with Crippen LogP contribution in [0.4, 0.5) is 0 Å². The van der Waals surface area contributed by atoms with E-state index in [4.69, 9.17) is 5.73 Å². The number of rotatable bonds is 5. The van der Waals surface area contributed by atoms with Gasteiger partial charge in [-0.15, -0.1) is 11.3 Å². The molecule has 0 amide bonds. The second-order valence-electron chi connectivity index (χ2n) is 3.75.